The smallest absolute Gasteiger partial charge is 0.340 e. The molecule has 0 fully saturated rings. The predicted molar refractivity (Wildman–Crippen MR) is 502 cm³/mol. The van der Waals surface area contributed by atoms with Crippen molar-refractivity contribution in [3.8, 4) is 112 Å². The molecule has 0 saturated carbocycles. The number of rotatable bonds is 21. The van der Waals surface area contributed by atoms with Crippen molar-refractivity contribution >= 4 is 64.3 Å². The highest BCUT2D eigenvalue weighted by Crippen LogP contribution is 2.40. The molecule has 0 atom stereocenters. The van der Waals surface area contributed by atoms with Crippen LogP contribution in [0, 0.1) is 6.92 Å². The molecule has 129 heavy (non-hydrogen) atoms. The summed E-state index contributed by atoms with van der Waals surface area (Å²) < 4.78 is 38.3. The Kier molecular flexibility index (Phi) is 30.4. The Balaban J connectivity index is 0.000000169. The number of carboxylic acid groups (broad SMARTS) is 1. The van der Waals surface area contributed by atoms with Gasteiger partial charge in [-0.1, -0.05) is 140 Å². The molecule has 0 unspecified atom stereocenters. The number of phenolic OH excluding ortho intramolecular Hbond substituents is 2. The summed E-state index contributed by atoms with van der Waals surface area (Å²) >= 11 is 0. The number of methoxy groups -OCH3 is 4. The average Bonchev–Trinajstić information content (AvgIpc) is 0.824. The Morgan fingerprint density at radius 2 is 0.581 bits per heavy atom. The summed E-state index contributed by atoms with van der Waals surface area (Å²) in [5.41, 5.74) is 18.4. The van der Waals surface area contributed by atoms with Crippen LogP contribution in [-0.2, 0) is 14.2 Å². The van der Waals surface area contributed by atoms with Crippen molar-refractivity contribution in [2.45, 2.75) is 86.0 Å². The predicted octanol–water partition coefficient (Wildman–Crippen LogP) is 22.3. The van der Waals surface area contributed by atoms with Gasteiger partial charge in [-0.25, -0.2) is 19.2 Å². The number of aryl methyl sites for hydroxylation is 1. The first-order valence-electron chi connectivity index (χ1n) is 40.8. The van der Waals surface area contributed by atoms with Crippen LogP contribution in [0.4, 0.5) is 22.7 Å². The van der Waals surface area contributed by atoms with E-state index in [4.69, 9.17) is 38.9 Å². The van der Waals surface area contributed by atoms with Gasteiger partial charge in [0.25, 0.3) is 17.7 Å². The molecule has 0 aliphatic rings. The topological polar surface area (TPSA) is 346 Å². The zero-order chi connectivity index (χ0) is 92.9. The number of carboxylic acids is 1. The first-order chi connectivity index (χ1) is 61.6. The molecule has 0 aliphatic carbocycles. The van der Waals surface area contributed by atoms with Crippen LogP contribution in [-0.4, -0.2) is 117 Å². The lowest BCUT2D eigenvalue weighted by atomic mass is 9.99. The molecule has 11 aromatic carbocycles. The number of anilines is 4. The van der Waals surface area contributed by atoms with Crippen molar-refractivity contribution < 1.29 is 82.0 Å². The van der Waals surface area contributed by atoms with E-state index >= 15 is 0 Å². The van der Waals surface area contributed by atoms with Gasteiger partial charge in [0.1, 0.15) is 51.3 Å². The van der Waals surface area contributed by atoms with E-state index in [2.05, 4.69) is 30.9 Å². The van der Waals surface area contributed by atoms with E-state index in [1.807, 2.05) is 173 Å². The number of aromatic carboxylic acids is 1. The average molecular weight is 1730 g/mol. The molecule has 0 aliphatic heterocycles. The van der Waals surface area contributed by atoms with Crippen LogP contribution >= 0.6 is 0 Å². The molecule has 3 heterocycles. The summed E-state index contributed by atoms with van der Waals surface area (Å²) in [6, 6.07) is 76.4. The molecular weight excluding hydrogens is 1630 g/mol. The van der Waals surface area contributed by atoms with Gasteiger partial charge < -0.3 is 70.2 Å². The number of nitrogens with zero attached hydrogens (tertiary/aromatic N) is 3. The quantitative estimate of drug-likeness (QED) is 0.0200. The Morgan fingerprint density at radius 1 is 0.302 bits per heavy atom. The monoisotopic (exact) mass is 1730 g/mol. The summed E-state index contributed by atoms with van der Waals surface area (Å²) in [7, 11) is 6.35. The molecule has 8 N–H and O–H groups in total. The number of aromatic hydroxyl groups is 2. The Hall–Kier alpha value is -16.2. The van der Waals surface area contributed by atoms with Gasteiger partial charge in [-0.2, -0.15) is 0 Å². The first-order valence-corrected chi connectivity index (χ1v) is 40.8. The third kappa shape index (κ3) is 24.6. The number of ether oxygens (including phenoxy) is 7. The highest BCUT2D eigenvalue weighted by molar-refractivity contribution is 6.13. The fraction of sp³-hybridized carbons (Fsp3) is 0.162. The number of carbonyl (C=O) groups excluding carboxylic acids is 6. The van der Waals surface area contributed by atoms with E-state index in [1.165, 1.54) is 24.3 Å². The summed E-state index contributed by atoms with van der Waals surface area (Å²) in [4.78, 5) is 102. The summed E-state index contributed by atoms with van der Waals surface area (Å²) in [6.45, 7) is 18.1. The van der Waals surface area contributed by atoms with E-state index in [1.54, 1.807) is 198 Å². The van der Waals surface area contributed by atoms with Gasteiger partial charge in [0, 0.05) is 87.4 Å². The Labute approximate surface area is 748 Å². The number of amides is 3. The maximum Gasteiger partial charge on any atom is 0.340 e. The van der Waals surface area contributed by atoms with E-state index in [0.29, 0.717) is 56.4 Å². The van der Waals surface area contributed by atoms with Crippen molar-refractivity contribution in [2.24, 2.45) is 0 Å². The molecule has 3 amide bonds. The molecule has 14 rings (SSSR count). The number of carbonyl (C=O) groups is 7. The number of esters is 3. The summed E-state index contributed by atoms with van der Waals surface area (Å²) in [6.07, 6.45) is 10.1. The van der Waals surface area contributed by atoms with Crippen LogP contribution in [0.1, 0.15) is 140 Å². The zero-order valence-corrected chi connectivity index (χ0v) is 73.8. The van der Waals surface area contributed by atoms with Crippen LogP contribution in [0.2, 0.25) is 0 Å². The van der Waals surface area contributed by atoms with Crippen LogP contribution < -0.4 is 40.6 Å². The lowest BCUT2D eigenvalue weighted by molar-refractivity contribution is 0.00580. The maximum atomic E-state index is 13.5. The minimum atomic E-state index is -1.19. The molecule has 0 spiro atoms. The van der Waals surface area contributed by atoms with Gasteiger partial charge in [-0.3, -0.25) is 29.3 Å². The number of phenols is 2. The lowest BCUT2D eigenvalue weighted by Gasteiger charge is -2.21. The van der Waals surface area contributed by atoms with Crippen molar-refractivity contribution in [1.82, 2.24) is 15.0 Å². The molecular formula is C105H99N7O17. The van der Waals surface area contributed by atoms with E-state index in [-0.39, 0.29) is 56.6 Å². The van der Waals surface area contributed by atoms with Crippen molar-refractivity contribution in [3.05, 3.63) is 343 Å². The number of benzene rings is 11. The van der Waals surface area contributed by atoms with Crippen molar-refractivity contribution in [3.63, 3.8) is 0 Å². The molecule has 0 bridgehead atoms. The minimum absolute atomic E-state index is 0.00962. The van der Waals surface area contributed by atoms with Crippen LogP contribution in [0.3, 0.4) is 0 Å². The highest BCUT2D eigenvalue weighted by atomic mass is 16.6. The second kappa shape index (κ2) is 42.0. The summed E-state index contributed by atoms with van der Waals surface area (Å²) in [5.74, 6) is -1.97. The number of aromatic nitrogens is 3. The normalized spacial score (nSPS) is 10.9. The largest absolute Gasteiger partial charge is 0.507 e. The fourth-order valence-electron chi connectivity index (χ4n) is 13.4. The van der Waals surface area contributed by atoms with E-state index < -0.39 is 52.5 Å². The van der Waals surface area contributed by atoms with Gasteiger partial charge >= 0.3 is 23.9 Å². The number of nitrogens with two attached hydrogens (primary N) is 1. The maximum absolute atomic E-state index is 13.5. The molecule has 3 aromatic heterocycles. The van der Waals surface area contributed by atoms with E-state index in [9.17, 15) is 48.9 Å². The number of para-hydroxylation sites is 4. The second-order valence-corrected chi connectivity index (χ2v) is 32.3. The number of nitrogen functional groups attached to an aromatic ring is 1. The highest BCUT2D eigenvalue weighted by Gasteiger charge is 2.28. The number of nitrogens with one attached hydrogen (secondary N) is 3. The molecule has 14 aromatic rings. The second-order valence-electron chi connectivity index (χ2n) is 32.3. The van der Waals surface area contributed by atoms with Crippen LogP contribution in [0.25, 0.3) is 77.9 Å². The Morgan fingerprint density at radius 3 is 0.891 bits per heavy atom. The van der Waals surface area contributed by atoms with Crippen molar-refractivity contribution in [1.29, 1.82) is 0 Å². The van der Waals surface area contributed by atoms with E-state index in [0.717, 1.165) is 72.5 Å². The lowest BCUT2D eigenvalue weighted by Crippen LogP contribution is -2.25. The minimum Gasteiger partial charge on any atom is -0.507 e. The van der Waals surface area contributed by atoms with Crippen LogP contribution in [0.15, 0.2) is 298 Å². The van der Waals surface area contributed by atoms with Crippen molar-refractivity contribution in [2.75, 3.05) is 50.1 Å². The SMILES string of the molecule is COc1ccccc1-c1ccc(C(=O)O)c(NC(=O)c2cc(-c3cccnc3)ccc2O)c1.COc1ccccc1-c1ccc(C(=O)OC(C)(C)C)c(N)c1.COc1ccccc1-c1ccc(C(=O)OC(C)(C)C)c(NC(=O)c2cc(-c3cccnc3)ccc2C)c1.COc1ccccc1-c1ccc(C(=O)OC(C)(C)C)c(NC(=O)c2cc(-c3cccnc3)ccc2O)c1. The van der Waals surface area contributed by atoms with Gasteiger partial charge in [0.05, 0.1) is 78.9 Å². The van der Waals surface area contributed by atoms with Gasteiger partial charge in [-0.15, -0.1) is 0 Å². The molecule has 24 nitrogen and oxygen atoms in total. The Bertz CT molecular complexity index is 6200. The number of pyridine rings is 3. The zero-order valence-electron chi connectivity index (χ0n) is 73.8. The standard InChI is InChI=1S/C31H30N2O4.C30H28N2O5.C26H20N2O5.C18H21NO3/c1-20-12-13-21(23-9-8-16-32-19-23)17-26(20)29(34)33-27-18-22(24-10-6-7-11-28(24)36-5)14-15-25(27)30(35)37-31(2,3)4;1-30(2,3)37-29(35)23-13-11-20(22-9-5-6-10-27(22)36-4)17-25(23)32-28(34)24-16-19(12-14-26(24)33)21-8-7-15-31-18-21;1-33-24-7-3-2-6-19(24)17-8-10-20(26(31)32)22(14-17)28-25(30)21-13-16(9-11-23(21)29)18-5-4-12-27-15-18;1-18(2,3)22-17(20)14-10-9-12(11-15(14)19)13-7-5-6-8-16(13)21-4/h6-19H,1-5H3,(H,33,34);5-18,33H,1-4H3,(H,32,34);2-15,29H,1H3,(H,28,30)(H,31,32);5-11H,19H2,1-4H3. The molecule has 656 valence electrons. The third-order valence-corrected chi connectivity index (χ3v) is 19.6. The number of hydrogen-bond acceptors (Lipinski definition) is 20. The number of hydrogen-bond donors (Lipinski definition) is 7. The van der Waals surface area contributed by atoms with Gasteiger partial charge in [-0.05, 0) is 235 Å². The van der Waals surface area contributed by atoms with Crippen LogP contribution in [0.5, 0.6) is 34.5 Å². The molecule has 0 saturated heterocycles. The third-order valence-electron chi connectivity index (χ3n) is 19.6. The molecule has 24 heteroatoms. The summed E-state index contributed by atoms with van der Waals surface area (Å²) in [5, 5.41) is 38.8. The first kappa shape index (κ1) is 93.5. The van der Waals surface area contributed by atoms with Gasteiger partial charge in [0.15, 0.2) is 0 Å². The van der Waals surface area contributed by atoms with Gasteiger partial charge in [0.2, 0.25) is 0 Å². The fourth-order valence-corrected chi connectivity index (χ4v) is 13.4. The molecule has 0 radical (unpaired) electrons.